The van der Waals surface area contributed by atoms with Gasteiger partial charge < -0.3 is 9.30 Å². The van der Waals surface area contributed by atoms with Gasteiger partial charge in [0.05, 0.1) is 12.7 Å². The summed E-state index contributed by atoms with van der Waals surface area (Å²) in [6, 6.07) is 8.29. The molecule has 0 saturated heterocycles. The SMILES string of the molecule is Cn1ccnc1C(C#N)c1ccc2c(c1)CCO2. The zero-order valence-corrected chi connectivity index (χ0v) is 10.1. The molecule has 1 aromatic carbocycles. The van der Waals surface area contributed by atoms with Gasteiger partial charge in [0, 0.05) is 25.9 Å². The van der Waals surface area contributed by atoms with Crippen molar-refractivity contribution in [1.29, 1.82) is 5.26 Å². The van der Waals surface area contributed by atoms with Gasteiger partial charge in [-0.2, -0.15) is 5.26 Å². The molecule has 0 aliphatic carbocycles. The highest BCUT2D eigenvalue weighted by atomic mass is 16.5. The minimum absolute atomic E-state index is 0.323. The fourth-order valence-corrected chi connectivity index (χ4v) is 2.32. The number of imidazole rings is 1. The topological polar surface area (TPSA) is 50.8 Å². The molecule has 0 spiro atoms. The van der Waals surface area contributed by atoms with Crippen LogP contribution < -0.4 is 4.74 Å². The quantitative estimate of drug-likeness (QED) is 0.805. The number of hydrogen-bond donors (Lipinski definition) is 0. The molecule has 0 amide bonds. The number of fused-ring (bicyclic) bond motifs is 1. The van der Waals surface area contributed by atoms with Gasteiger partial charge in [0.25, 0.3) is 0 Å². The van der Waals surface area contributed by atoms with Crippen LogP contribution in [0.4, 0.5) is 0 Å². The molecule has 2 aromatic rings. The lowest BCUT2D eigenvalue weighted by molar-refractivity contribution is 0.357. The van der Waals surface area contributed by atoms with Crippen molar-refractivity contribution < 1.29 is 4.74 Å². The summed E-state index contributed by atoms with van der Waals surface area (Å²) < 4.78 is 7.36. The summed E-state index contributed by atoms with van der Waals surface area (Å²) in [6.07, 6.45) is 4.49. The molecule has 0 N–H and O–H groups in total. The number of ether oxygens (including phenoxy) is 1. The summed E-state index contributed by atoms with van der Waals surface area (Å²) >= 11 is 0. The van der Waals surface area contributed by atoms with Gasteiger partial charge in [-0.15, -0.1) is 0 Å². The Balaban J connectivity index is 2.03. The Kier molecular flexibility index (Phi) is 2.52. The zero-order valence-electron chi connectivity index (χ0n) is 10.1. The van der Waals surface area contributed by atoms with Crippen molar-refractivity contribution in [1.82, 2.24) is 9.55 Å². The average molecular weight is 239 g/mol. The van der Waals surface area contributed by atoms with Crippen LogP contribution in [0.5, 0.6) is 5.75 Å². The molecule has 1 aromatic heterocycles. The molecule has 1 atom stereocenters. The third-order valence-electron chi connectivity index (χ3n) is 3.29. The number of nitrogens with zero attached hydrogens (tertiary/aromatic N) is 3. The van der Waals surface area contributed by atoms with Crippen LogP contribution in [-0.4, -0.2) is 16.2 Å². The van der Waals surface area contributed by atoms with Crippen LogP contribution in [-0.2, 0) is 13.5 Å². The Hall–Kier alpha value is -2.28. The van der Waals surface area contributed by atoms with Crippen LogP contribution in [0.25, 0.3) is 0 Å². The van der Waals surface area contributed by atoms with E-state index in [4.69, 9.17) is 4.74 Å². The van der Waals surface area contributed by atoms with Gasteiger partial charge in [-0.25, -0.2) is 4.98 Å². The molecule has 1 aliphatic heterocycles. The van der Waals surface area contributed by atoms with Crippen molar-refractivity contribution in [3.63, 3.8) is 0 Å². The molecule has 0 fully saturated rings. The summed E-state index contributed by atoms with van der Waals surface area (Å²) in [5, 5.41) is 9.39. The van der Waals surface area contributed by atoms with E-state index >= 15 is 0 Å². The minimum atomic E-state index is -0.323. The minimum Gasteiger partial charge on any atom is -0.493 e. The summed E-state index contributed by atoms with van der Waals surface area (Å²) in [7, 11) is 1.91. The molecule has 2 heterocycles. The smallest absolute Gasteiger partial charge is 0.130 e. The van der Waals surface area contributed by atoms with Crippen LogP contribution in [0, 0.1) is 11.3 Å². The number of benzene rings is 1. The third-order valence-corrected chi connectivity index (χ3v) is 3.29. The van der Waals surface area contributed by atoms with Gasteiger partial charge in [-0.05, 0) is 17.2 Å². The molecular weight excluding hydrogens is 226 g/mol. The van der Waals surface area contributed by atoms with Gasteiger partial charge in [-0.1, -0.05) is 12.1 Å². The first kappa shape index (κ1) is 10.8. The van der Waals surface area contributed by atoms with Crippen molar-refractivity contribution >= 4 is 0 Å². The van der Waals surface area contributed by atoms with E-state index in [0.717, 1.165) is 30.2 Å². The van der Waals surface area contributed by atoms with E-state index in [0.29, 0.717) is 0 Å². The van der Waals surface area contributed by atoms with E-state index < -0.39 is 0 Å². The number of hydrogen-bond acceptors (Lipinski definition) is 3. The van der Waals surface area contributed by atoms with Gasteiger partial charge in [0.15, 0.2) is 0 Å². The number of aromatic nitrogens is 2. The zero-order chi connectivity index (χ0) is 12.5. The maximum atomic E-state index is 9.39. The fourth-order valence-electron chi connectivity index (χ4n) is 2.32. The molecule has 4 heteroatoms. The molecule has 18 heavy (non-hydrogen) atoms. The predicted octanol–water partition coefficient (Wildman–Crippen LogP) is 2.01. The second-order valence-corrected chi connectivity index (χ2v) is 4.42. The van der Waals surface area contributed by atoms with Crippen molar-refractivity contribution in [2.75, 3.05) is 6.61 Å². The van der Waals surface area contributed by atoms with Crippen LogP contribution in [0.15, 0.2) is 30.6 Å². The molecule has 1 aliphatic rings. The van der Waals surface area contributed by atoms with E-state index in [-0.39, 0.29) is 5.92 Å². The molecule has 0 bridgehead atoms. The maximum absolute atomic E-state index is 9.39. The number of aryl methyl sites for hydroxylation is 1. The Morgan fingerprint density at radius 3 is 3.11 bits per heavy atom. The lowest BCUT2D eigenvalue weighted by Crippen LogP contribution is -2.06. The molecule has 4 nitrogen and oxygen atoms in total. The van der Waals surface area contributed by atoms with E-state index in [1.54, 1.807) is 6.20 Å². The predicted molar refractivity (Wildman–Crippen MR) is 66.3 cm³/mol. The molecular formula is C14H13N3O. The first-order chi connectivity index (χ1) is 8.79. The van der Waals surface area contributed by atoms with Gasteiger partial charge in [0.2, 0.25) is 0 Å². The normalized spacial score (nSPS) is 14.7. The van der Waals surface area contributed by atoms with Crippen molar-refractivity contribution in [2.45, 2.75) is 12.3 Å². The van der Waals surface area contributed by atoms with Crippen molar-refractivity contribution in [2.24, 2.45) is 7.05 Å². The largest absolute Gasteiger partial charge is 0.493 e. The van der Waals surface area contributed by atoms with E-state index in [1.807, 2.05) is 29.9 Å². The Morgan fingerprint density at radius 2 is 2.39 bits per heavy atom. The average Bonchev–Trinajstić information content (AvgIpc) is 2.99. The van der Waals surface area contributed by atoms with E-state index in [1.165, 1.54) is 5.56 Å². The molecule has 3 rings (SSSR count). The maximum Gasteiger partial charge on any atom is 0.130 e. The van der Waals surface area contributed by atoms with Crippen LogP contribution in [0.2, 0.25) is 0 Å². The molecule has 90 valence electrons. The Morgan fingerprint density at radius 1 is 1.50 bits per heavy atom. The molecule has 0 saturated carbocycles. The standard InChI is InChI=1S/C14H13N3O/c1-17-6-5-16-14(17)12(9-15)10-2-3-13-11(8-10)4-7-18-13/h2-3,5-6,8,12H,4,7H2,1H3. The fraction of sp³-hybridized carbons (Fsp3) is 0.286. The Bertz CT molecular complexity index is 624. The van der Waals surface area contributed by atoms with Crippen molar-refractivity contribution in [3.8, 4) is 11.8 Å². The van der Waals surface area contributed by atoms with Gasteiger partial charge >= 0.3 is 0 Å². The van der Waals surface area contributed by atoms with E-state index in [9.17, 15) is 5.26 Å². The van der Waals surface area contributed by atoms with E-state index in [2.05, 4.69) is 17.1 Å². The third kappa shape index (κ3) is 1.65. The second kappa shape index (κ2) is 4.19. The highest BCUT2D eigenvalue weighted by Gasteiger charge is 2.20. The van der Waals surface area contributed by atoms with Gasteiger partial charge in [0.1, 0.15) is 17.5 Å². The Labute approximate surface area is 105 Å². The lowest BCUT2D eigenvalue weighted by Gasteiger charge is -2.10. The highest BCUT2D eigenvalue weighted by Crippen LogP contribution is 2.30. The van der Waals surface area contributed by atoms with Gasteiger partial charge in [-0.3, -0.25) is 0 Å². The monoisotopic (exact) mass is 239 g/mol. The van der Waals surface area contributed by atoms with Crippen molar-refractivity contribution in [3.05, 3.63) is 47.5 Å². The van der Waals surface area contributed by atoms with Crippen LogP contribution in [0.3, 0.4) is 0 Å². The lowest BCUT2D eigenvalue weighted by atomic mass is 9.97. The number of rotatable bonds is 2. The summed E-state index contributed by atoms with van der Waals surface area (Å²) in [4.78, 5) is 4.27. The first-order valence-electron chi connectivity index (χ1n) is 5.92. The highest BCUT2D eigenvalue weighted by molar-refractivity contribution is 5.44. The first-order valence-corrected chi connectivity index (χ1v) is 5.92. The summed E-state index contributed by atoms with van der Waals surface area (Å²) in [5.74, 6) is 1.39. The summed E-state index contributed by atoms with van der Waals surface area (Å²) in [5.41, 5.74) is 2.16. The molecule has 0 radical (unpaired) electrons. The second-order valence-electron chi connectivity index (χ2n) is 4.42. The van der Waals surface area contributed by atoms with Crippen LogP contribution >= 0.6 is 0 Å². The number of nitriles is 1. The molecule has 1 unspecified atom stereocenters. The summed E-state index contributed by atoms with van der Waals surface area (Å²) in [6.45, 7) is 0.735. The van der Waals surface area contributed by atoms with Crippen LogP contribution in [0.1, 0.15) is 22.9 Å².